The molecule has 132 valence electrons. The van der Waals surface area contributed by atoms with Crippen LogP contribution in [0.15, 0.2) is 36.0 Å². The van der Waals surface area contributed by atoms with Crippen molar-refractivity contribution in [2.45, 2.75) is 32.6 Å². The Morgan fingerprint density at radius 3 is 2.36 bits per heavy atom. The highest BCUT2D eigenvalue weighted by molar-refractivity contribution is 6.06. The zero-order valence-electron chi connectivity index (χ0n) is 14.5. The average Bonchev–Trinajstić information content (AvgIpc) is 2.60. The maximum Gasteiger partial charge on any atom is 0.306 e. The Morgan fingerprint density at radius 1 is 1.28 bits per heavy atom. The molecule has 0 aromatic heterocycles. The quantitative estimate of drug-likeness (QED) is 0.634. The van der Waals surface area contributed by atoms with Crippen molar-refractivity contribution >= 4 is 17.6 Å². The summed E-state index contributed by atoms with van der Waals surface area (Å²) < 4.78 is 0. The lowest BCUT2D eigenvalue weighted by Crippen LogP contribution is -2.33. The largest absolute Gasteiger partial charge is 0.481 e. The summed E-state index contributed by atoms with van der Waals surface area (Å²) in [4.78, 5) is 25.1. The van der Waals surface area contributed by atoms with Gasteiger partial charge in [0, 0.05) is 25.0 Å². The predicted octanol–water partition coefficient (Wildman–Crippen LogP) is 2.95. The van der Waals surface area contributed by atoms with Crippen LogP contribution in [0.25, 0.3) is 0 Å². The third-order valence-electron chi connectivity index (χ3n) is 4.39. The number of carbonyl (C=O) groups excluding carboxylic acids is 1. The van der Waals surface area contributed by atoms with E-state index in [-0.39, 0.29) is 11.5 Å². The molecule has 1 aliphatic heterocycles. The number of nitrogens with zero attached hydrogens (tertiary/aromatic N) is 2. The number of hydrogen-bond donors (Lipinski definition) is 2. The van der Waals surface area contributed by atoms with E-state index in [1.54, 1.807) is 0 Å². The van der Waals surface area contributed by atoms with Crippen molar-refractivity contribution in [2.24, 2.45) is 5.92 Å². The van der Waals surface area contributed by atoms with Gasteiger partial charge in [0.1, 0.15) is 11.6 Å². The summed E-state index contributed by atoms with van der Waals surface area (Å²) >= 11 is 0. The third kappa shape index (κ3) is 5.08. The molecule has 1 aromatic rings. The molecule has 1 aliphatic rings. The first-order valence-electron chi connectivity index (χ1n) is 8.40. The molecule has 0 saturated carbocycles. The number of amides is 1. The number of rotatable bonds is 5. The number of nitriles is 1. The zero-order valence-corrected chi connectivity index (χ0v) is 14.5. The number of carboxylic acid groups (broad SMARTS) is 1. The Hall–Kier alpha value is -2.81. The predicted molar refractivity (Wildman–Crippen MR) is 94.8 cm³/mol. The third-order valence-corrected chi connectivity index (χ3v) is 4.39. The van der Waals surface area contributed by atoms with Crippen LogP contribution < -0.4 is 5.32 Å². The summed E-state index contributed by atoms with van der Waals surface area (Å²) in [6.07, 6.45) is 2.56. The second kappa shape index (κ2) is 8.34. The number of carbonyl (C=O) groups is 2. The first-order chi connectivity index (χ1) is 11.9. The summed E-state index contributed by atoms with van der Waals surface area (Å²) in [6.45, 7) is 5.24. The van der Waals surface area contributed by atoms with E-state index in [9.17, 15) is 14.9 Å². The summed E-state index contributed by atoms with van der Waals surface area (Å²) in [5.74, 6) is -1.18. The molecule has 1 saturated heterocycles. The van der Waals surface area contributed by atoms with Crippen LogP contribution in [-0.4, -0.2) is 35.0 Å². The van der Waals surface area contributed by atoms with Crippen LogP contribution in [-0.2, 0) is 9.59 Å². The number of piperidine rings is 1. The minimum absolute atomic E-state index is 0.0155. The van der Waals surface area contributed by atoms with E-state index in [0.717, 1.165) is 0 Å². The van der Waals surface area contributed by atoms with Crippen LogP contribution in [0.2, 0.25) is 0 Å². The molecule has 6 heteroatoms. The Labute approximate surface area is 147 Å². The molecule has 0 spiro atoms. The van der Waals surface area contributed by atoms with Gasteiger partial charge in [-0.05, 0) is 36.5 Å². The molecular formula is C19H23N3O3. The summed E-state index contributed by atoms with van der Waals surface area (Å²) in [5.41, 5.74) is 1.83. The van der Waals surface area contributed by atoms with Gasteiger partial charge in [-0.2, -0.15) is 5.26 Å². The van der Waals surface area contributed by atoms with Gasteiger partial charge in [0.15, 0.2) is 0 Å². The van der Waals surface area contributed by atoms with Crippen molar-refractivity contribution in [3.8, 4) is 6.07 Å². The molecule has 0 atom stereocenters. The van der Waals surface area contributed by atoms with Crippen LogP contribution >= 0.6 is 0 Å². The van der Waals surface area contributed by atoms with Crippen molar-refractivity contribution in [1.29, 1.82) is 5.26 Å². The van der Waals surface area contributed by atoms with Gasteiger partial charge in [0.2, 0.25) is 0 Å². The number of anilines is 1. The standard InChI is InChI=1S/C19H23N3O3/c1-13(2)14-3-5-17(6-4-14)21-18(23)16(11-20)12-22-9-7-15(8-10-22)19(24)25/h3-6,12-13,15H,7-10H2,1-2H3,(H,21,23)(H,24,25)/b16-12-. The van der Waals surface area contributed by atoms with E-state index < -0.39 is 11.9 Å². The van der Waals surface area contributed by atoms with Crippen LogP contribution in [0, 0.1) is 17.2 Å². The Bertz CT molecular complexity index is 694. The van der Waals surface area contributed by atoms with Crippen molar-refractivity contribution in [3.63, 3.8) is 0 Å². The topological polar surface area (TPSA) is 93.4 Å². The molecule has 0 unspecified atom stereocenters. The molecule has 2 N–H and O–H groups in total. The molecule has 25 heavy (non-hydrogen) atoms. The average molecular weight is 341 g/mol. The molecule has 0 bridgehead atoms. The van der Waals surface area contributed by atoms with Crippen molar-refractivity contribution in [1.82, 2.24) is 4.90 Å². The monoisotopic (exact) mass is 341 g/mol. The van der Waals surface area contributed by atoms with Crippen molar-refractivity contribution in [2.75, 3.05) is 18.4 Å². The van der Waals surface area contributed by atoms with Crippen molar-refractivity contribution < 1.29 is 14.7 Å². The number of hydrogen-bond acceptors (Lipinski definition) is 4. The van der Waals surface area contributed by atoms with Gasteiger partial charge in [-0.1, -0.05) is 26.0 Å². The van der Waals surface area contributed by atoms with Gasteiger partial charge in [0.25, 0.3) is 5.91 Å². The van der Waals surface area contributed by atoms with Gasteiger partial charge in [-0.3, -0.25) is 9.59 Å². The number of aliphatic carboxylic acids is 1. The van der Waals surface area contributed by atoms with Crippen LogP contribution in [0.5, 0.6) is 0 Å². The molecule has 1 fully saturated rings. The number of nitrogens with one attached hydrogen (secondary N) is 1. The van der Waals surface area contributed by atoms with Crippen LogP contribution in [0.3, 0.4) is 0 Å². The van der Waals surface area contributed by atoms with Crippen LogP contribution in [0.1, 0.15) is 38.2 Å². The summed E-state index contributed by atoms with van der Waals surface area (Å²) in [7, 11) is 0. The van der Waals surface area contributed by atoms with E-state index in [1.165, 1.54) is 11.8 Å². The lowest BCUT2D eigenvalue weighted by molar-refractivity contribution is -0.143. The molecule has 6 nitrogen and oxygen atoms in total. The van der Waals surface area contributed by atoms with Gasteiger partial charge >= 0.3 is 5.97 Å². The van der Waals surface area contributed by atoms with E-state index in [0.29, 0.717) is 37.5 Å². The fourth-order valence-electron chi connectivity index (χ4n) is 2.75. The molecule has 1 amide bonds. The van der Waals surface area contributed by atoms with E-state index >= 15 is 0 Å². The van der Waals surface area contributed by atoms with E-state index in [2.05, 4.69) is 19.2 Å². The summed E-state index contributed by atoms with van der Waals surface area (Å²) in [5, 5.41) is 21.0. The van der Waals surface area contributed by atoms with Gasteiger partial charge < -0.3 is 15.3 Å². The maximum atomic E-state index is 12.3. The second-order valence-corrected chi connectivity index (χ2v) is 6.53. The molecule has 0 aliphatic carbocycles. The first kappa shape index (κ1) is 18.5. The highest BCUT2D eigenvalue weighted by Crippen LogP contribution is 2.19. The van der Waals surface area contributed by atoms with Gasteiger partial charge in [-0.25, -0.2) is 0 Å². The van der Waals surface area contributed by atoms with Crippen LogP contribution in [0.4, 0.5) is 5.69 Å². The minimum atomic E-state index is -0.785. The fraction of sp³-hybridized carbons (Fsp3) is 0.421. The zero-order chi connectivity index (χ0) is 18.4. The number of carboxylic acids is 1. The molecule has 2 rings (SSSR count). The lowest BCUT2D eigenvalue weighted by Gasteiger charge is -2.29. The van der Waals surface area contributed by atoms with Gasteiger partial charge in [-0.15, -0.1) is 0 Å². The Balaban J connectivity index is 1.99. The molecule has 0 radical (unpaired) electrons. The smallest absolute Gasteiger partial charge is 0.306 e. The SMILES string of the molecule is CC(C)c1ccc(NC(=O)/C(C#N)=C\N2CCC(C(=O)O)CC2)cc1. The molecular weight excluding hydrogens is 318 g/mol. The fourth-order valence-corrected chi connectivity index (χ4v) is 2.75. The van der Waals surface area contributed by atoms with Gasteiger partial charge in [0.05, 0.1) is 5.92 Å². The van der Waals surface area contributed by atoms with Crippen molar-refractivity contribution in [3.05, 3.63) is 41.6 Å². The molecule has 1 heterocycles. The number of benzene rings is 1. The van der Waals surface area contributed by atoms with E-state index in [1.807, 2.05) is 35.2 Å². The Kier molecular flexibility index (Phi) is 6.18. The second-order valence-electron chi connectivity index (χ2n) is 6.53. The maximum absolute atomic E-state index is 12.3. The highest BCUT2D eigenvalue weighted by atomic mass is 16.4. The Morgan fingerprint density at radius 2 is 1.88 bits per heavy atom. The minimum Gasteiger partial charge on any atom is -0.481 e. The normalized spacial score (nSPS) is 15.8. The lowest BCUT2D eigenvalue weighted by atomic mass is 9.97. The summed E-state index contributed by atoms with van der Waals surface area (Å²) in [6, 6.07) is 9.47. The molecule has 1 aromatic carbocycles. The number of likely N-dealkylation sites (tertiary alicyclic amines) is 1. The highest BCUT2D eigenvalue weighted by Gasteiger charge is 2.24. The first-order valence-corrected chi connectivity index (χ1v) is 8.40. The van der Waals surface area contributed by atoms with E-state index in [4.69, 9.17) is 5.11 Å².